The molecule has 3 aromatic rings. The second kappa shape index (κ2) is 9.76. The Balaban J connectivity index is 1.61. The van der Waals surface area contributed by atoms with E-state index >= 15 is 0 Å². The highest BCUT2D eigenvalue weighted by atomic mass is 35.5. The molecule has 29 heavy (non-hydrogen) atoms. The van der Waals surface area contributed by atoms with Crippen LogP contribution in [0.15, 0.2) is 53.7 Å². The van der Waals surface area contributed by atoms with Crippen LogP contribution >= 0.6 is 23.4 Å². The van der Waals surface area contributed by atoms with E-state index in [2.05, 4.69) is 15.5 Å². The first-order valence-corrected chi connectivity index (χ1v) is 10.4. The van der Waals surface area contributed by atoms with Crippen molar-refractivity contribution in [2.45, 2.75) is 31.7 Å². The lowest BCUT2D eigenvalue weighted by molar-refractivity contribution is -0.113. The van der Waals surface area contributed by atoms with Crippen LogP contribution in [0.5, 0.6) is 5.75 Å². The zero-order valence-electron chi connectivity index (χ0n) is 15.9. The maximum atomic E-state index is 13.1. The first kappa shape index (κ1) is 21.1. The molecule has 0 aliphatic heterocycles. The standard InChI is InChI=1S/C20H20ClFN4O2S/c1-3-26-19(13(2)28-17-10-6-15(22)7-11-17)24-25-20(26)29-12-18(27)23-16-8-4-14(21)5-9-16/h4-11,13H,3,12H2,1-2H3,(H,23,27). The Hall–Kier alpha value is -2.58. The van der Waals surface area contributed by atoms with Gasteiger partial charge in [0, 0.05) is 17.3 Å². The van der Waals surface area contributed by atoms with Crippen LogP contribution in [0.25, 0.3) is 0 Å². The molecule has 1 N–H and O–H groups in total. The number of thioether (sulfide) groups is 1. The van der Waals surface area contributed by atoms with E-state index in [9.17, 15) is 9.18 Å². The topological polar surface area (TPSA) is 69.0 Å². The van der Waals surface area contributed by atoms with Gasteiger partial charge >= 0.3 is 0 Å². The quantitative estimate of drug-likeness (QED) is 0.507. The minimum Gasteiger partial charge on any atom is -0.483 e. The number of halogens is 2. The first-order chi connectivity index (χ1) is 14.0. The number of hydrogen-bond donors (Lipinski definition) is 1. The van der Waals surface area contributed by atoms with Gasteiger partial charge in [-0.15, -0.1) is 10.2 Å². The molecule has 0 saturated carbocycles. The second-order valence-corrected chi connectivity index (χ2v) is 7.52. The molecule has 0 radical (unpaired) electrons. The predicted molar refractivity (Wildman–Crippen MR) is 112 cm³/mol. The SMILES string of the molecule is CCn1c(SCC(=O)Nc2ccc(Cl)cc2)nnc1C(C)Oc1ccc(F)cc1. The summed E-state index contributed by atoms with van der Waals surface area (Å²) in [6.45, 7) is 4.44. The molecule has 3 rings (SSSR count). The molecule has 1 atom stereocenters. The van der Waals surface area contributed by atoms with Crippen LogP contribution in [-0.4, -0.2) is 26.4 Å². The Morgan fingerprint density at radius 1 is 1.21 bits per heavy atom. The number of rotatable bonds is 8. The Morgan fingerprint density at radius 3 is 2.55 bits per heavy atom. The number of benzene rings is 2. The average Bonchev–Trinajstić information content (AvgIpc) is 3.13. The summed E-state index contributed by atoms with van der Waals surface area (Å²) in [6, 6.07) is 12.7. The van der Waals surface area contributed by atoms with E-state index in [4.69, 9.17) is 16.3 Å². The van der Waals surface area contributed by atoms with Crippen molar-refractivity contribution in [2.24, 2.45) is 0 Å². The number of hydrogen-bond acceptors (Lipinski definition) is 5. The minimum atomic E-state index is -0.384. The van der Waals surface area contributed by atoms with Crippen LogP contribution in [0.1, 0.15) is 25.8 Å². The van der Waals surface area contributed by atoms with Gasteiger partial charge in [0.1, 0.15) is 11.6 Å². The van der Waals surface area contributed by atoms with Crippen molar-refractivity contribution in [3.05, 3.63) is 65.2 Å². The lowest BCUT2D eigenvalue weighted by Gasteiger charge is -2.15. The number of carbonyl (C=O) groups excluding carboxylic acids is 1. The summed E-state index contributed by atoms with van der Waals surface area (Å²) in [5.74, 6) is 0.893. The van der Waals surface area contributed by atoms with E-state index in [-0.39, 0.29) is 23.6 Å². The monoisotopic (exact) mass is 434 g/mol. The van der Waals surface area contributed by atoms with Crippen molar-refractivity contribution in [3.63, 3.8) is 0 Å². The summed E-state index contributed by atoms with van der Waals surface area (Å²) in [5.41, 5.74) is 0.680. The minimum absolute atomic E-state index is 0.153. The van der Waals surface area contributed by atoms with Crippen LogP contribution in [-0.2, 0) is 11.3 Å². The van der Waals surface area contributed by atoms with E-state index in [0.717, 1.165) is 0 Å². The third kappa shape index (κ3) is 5.71. The van der Waals surface area contributed by atoms with Gasteiger partial charge < -0.3 is 14.6 Å². The third-order valence-corrected chi connectivity index (χ3v) is 5.23. The summed E-state index contributed by atoms with van der Waals surface area (Å²) in [4.78, 5) is 12.2. The molecule has 0 aliphatic carbocycles. The number of nitrogens with one attached hydrogen (secondary N) is 1. The van der Waals surface area contributed by atoms with Gasteiger partial charge in [-0.3, -0.25) is 4.79 Å². The zero-order chi connectivity index (χ0) is 20.8. The molecule has 0 fully saturated rings. The Kier molecular flexibility index (Phi) is 7.11. The van der Waals surface area contributed by atoms with Gasteiger partial charge in [-0.05, 0) is 62.4 Å². The van der Waals surface area contributed by atoms with Crippen molar-refractivity contribution in [3.8, 4) is 5.75 Å². The summed E-state index contributed by atoms with van der Waals surface area (Å²) < 4.78 is 20.8. The van der Waals surface area contributed by atoms with Crippen molar-refractivity contribution in [2.75, 3.05) is 11.1 Å². The molecule has 1 heterocycles. The molecule has 152 valence electrons. The van der Waals surface area contributed by atoms with Gasteiger partial charge in [0.2, 0.25) is 5.91 Å². The van der Waals surface area contributed by atoms with Gasteiger partial charge in [-0.1, -0.05) is 23.4 Å². The predicted octanol–water partition coefficient (Wildman–Crippen LogP) is 4.96. The molecule has 1 aromatic heterocycles. The fraction of sp³-hybridized carbons (Fsp3) is 0.250. The molecule has 1 amide bonds. The third-order valence-electron chi connectivity index (χ3n) is 4.01. The van der Waals surface area contributed by atoms with E-state index in [0.29, 0.717) is 34.0 Å². The van der Waals surface area contributed by atoms with Gasteiger partial charge in [0.15, 0.2) is 17.1 Å². The summed E-state index contributed by atoms with van der Waals surface area (Å²) in [6.07, 6.45) is -0.384. The Labute approximate surface area is 177 Å². The largest absolute Gasteiger partial charge is 0.483 e. The van der Waals surface area contributed by atoms with Crippen molar-refractivity contribution < 1.29 is 13.9 Å². The smallest absolute Gasteiger partial charge is 0.234 e. The molecule has 9 heteroatoms. The van der Waals surface area contributed by atoms with Crippen molar-refractivity contribution >= 4 is 35.0 Å². The molecule has 6 nitrogen and oxygen atoms in total. The lowest BCUT2D eigenvalue weighted by atomic mass is 10.3. The number of anilines is 1. The maximum Gasteiger partial charge on any atom is 0.234 e. The summed E-state index contributed by atoms with van der Waals surface area (Å²) in [7, 11) is 0. The fourth-order valence-electron chi connectivity index (χ4n) is 2.64. The Bertz CT molecular complexity index is 964. The van der Waals surface area contributed by atoms with Crippen LogP contribution in [0, 0.1) is 5.82 Å². The average molecular weight is 435 g/mol. The molecular weight excluding hydrogens is 415 g/mol. The van der Waals surface area contributed by atoms with E-state index in [1.165, 1.54) is 23.9 Å². The lowest BCUT2D eigenvalue weighted by Crippen LogP contribution is -2.15. The van der Waals surface area contributed by atoms with Gasteiger partial charge in [0.25, 0.3) is 0 Å². The molecule has 1 unspecified atom stereocenters. The number of nitrogens with zero attached hydrogens (tertiary/aromatic N) is 3. The van der Waals surface area contributed by atoms with Crippen LogP contribution < -0.4 is 10.1 Å². The van der Waals surface area contributed by atoms with Crippen LogP contribution in [0.4, 0.5) is 10.1 Å². The number of aromatic nitrogens is 3. The maximum absolute atomic E-state index is 13.1. The number of carbonyl (C=O) groups is 1. The molecule has 0 bridgehead atoms. The summed E-state index contributed by atoms with van der Waals surface area (Å²) >= 11 is 7.14. The zero-order valence-corrected chi connectivity index (χ0v) is 17.5. The molecule has 0 aliphatic rings. The molecule has 0 saturated heterocycles. The highest BCUT2D eigenvalue weighted by molar-refractivity contribution is 7.99. The highest BCUT2D eigenvalue weighted by Gasteiger charge is 2.19. The van der Waals surface area contributed by atoms with Crippen LogP contribution in [0.3, 0.4) is 0 Å². The highest BCUT2D eigenvalue weighted by Crippen LogP contribution is 2.25. The first-order valence-electron chi connectivity index (χ1n) is 8.99. The van der Waals surface area contributed by atoms with E-state index in [1.54, 1.807) is 36.4 Å². The second-order valence-electron chi connectivity index (χ2n) is 6.14. The Morgan fingerprint density at radius 2 is 1.90 bits per heavy atom. The van der Waals surface area contributed by atoms with Crippen molar-refractivity contribution in [1.82, 2.24) is 14.8 Å². The number of ether oxygens (including phenoxy) is 1. The number of amides is 1. The van der Waals surface area contributed by atoms with E-state index in [1.807, 2.05) is 18.4 Å². The van der Waals surface area contributed by atoms with E-state index < -0.39 is 0 Å². The fourth-order valence-corrected chi connectivity index (χ4v) is 3.57. The molecule has 2 aromatic carbocycles. The normalized spacial score (nSPS) is 11.9. The summed E-state index contributed by atoms with van der Waals surface area (Å²) in [5, 5.41) is 12.5. The van der Waals surface area contributed by atoms with Gasteiger partial charge in [-0.25, -0.2) is 4.39 Å². The van der Waals surface area contributed by atoms with Crippen molar-refractivity contribution in [1.29, 1.82) is 0 Å². The van der Waals surface area contributed by atoms with Crippen LogP contribution in [0.2, 0.25) is 5.02 Å². The van der Waals surface area contributed by atoms with Gasteiger partial charge in [-0.2, -0.15) is 0 Å². The molecular formula is C20H20ClFN4O2S. The molecule has 0 spiro atoms. The van der Waals surface area contributed by atoms with Gasteiger partial charge in [0.05, 0.1) is 5.75 Å².